The first kappa shape index (κ1) is 16.7. The molecule has 0 aliphatic heterocycles. The molecule has 104 valence electrons. The maximum atomic E-state index is 12.1. The molecule has 0 aromatic rings. The summed E-state index contributed by atoms with van der Waals surface area (Å²) in [5.41, 5.74) is 1.10. The average molecular weight is 254 g/mol. The Hall–Kier alpha value is -1.32. The van der Waals surface area contributed by atoms with Crippen LogP contribution in [0.15, 0.2) is 11.1 Å². The molecule has 2 amide bonds. The maximum Gasteiger partial charge on any atom is 0.249 e. The van der Waals surface area contributed by atoms with Crippen LogP contribution in [0.1, 0.15) is 41.5 Å². The van der Waals surface area contributed by atoms with Crippen molar-refractivity contribution in [2.45, 2.75) is 41.5 Å². The van der Waals surface area contributed by atoms with Crippen molar-refractivity contribution < 1.29 is 9.59 Å². The van der Waals surface area contributed by atoms with Crippen molar-refractivity contribution in [3.63, 3.8) is 0 Å². The Morgan fingerprint density at radius 2 is 0.889 bits per heavy atom. The van der Waals surface area contributed by atoms with Crippen LogP contribution in [0.5, 0.6) is 0 Å². The predicted molar refractivity (Wildman–Crippen MR) is 74.2 cm³/mol. The van der Waals surface area contributed by atoms with Crippen LogP contribution >= 0.6 is 0 Å². The lowest BCUT2D eigenvalue weighted by Gasteiger charge is -2.23. The highest BCUT2D eigenvalue weighted by atomic mass is 16.2. The van der Waals surface area contributed by atoms with E-state index in [1.807, 2.05) is 27.7 Å². The summed E-state index contributed by atoms with van der Waals surface area (Å²) in [6, 6.07) is 0. The zero-order chi connectivity index (χ0) is 14.3. The van der Waals surface area contributed by atoms with Gasteiger partial charge < -0.3 is 9.80 Å². The minimum Gasteiger partial charge on any atom is -0.339 e. The molecule has 0 aromatic carbocycles. The molecule has 0 bridgehead atoms. The number of rotatable bonds is 6. The molecule has 0 aliphatic carbocycles. The molecule has 0 N–H and O–H groups in total. The van der Waals surface area contributed by atoms with Gasteiger partial charge in [-0.3, -0.25) is 9.59 Å². The monoisotopic (exact) mass is 254 g/mol. The molecule has 0 fully saturated rings. The van der Waals surface area contributed by atoms with Crippen LogP contribution in [0, 0.1) is 0 Å². The first-order valence-electron chi connectivity index (χ1n) is 6.70. The molecule has 0 unspecified atom stereocenters. The largest absolute Gasteiger partial charge is 0.339 e. The third-order valence-electron chi connectivity index (χ3n) is 3.31. The van der Waals surface area contributed by atoms with Crippen LogP contribution in [-0.2, 0) is 9.59 Å². The van der Waals surface area contributed by atoms with Gasteiger partial charge in [-0.05, 0) is 41.5 Å². The molecule has 4 nitrogen and oxygen atoms in total. The molecule has 18 heavy (non-hydrogen) atoms. The van der Waals surface area contributed by atoms with Crippen molar-refractivity contribution in [3.05, 3.63) is 11.1 Å². The number of likely N-dealkylation sites (N-methyl/N-ethyl adjacent to an activating group) is 2. The van der Waals surface area contributed by atoms with Crippen molar-refractivity contribution in [2.75, 3.05) is 26.2 Å². The van der Waals surface area contributed by atoms with Crippen LogP contribution in [0.4, 0.5) is 0 Å². The summed E-state index contributed by atoms with van der Waals surface area (Å²) in [6.45, 7) is 13.9. The van der Waals surface area contributed by atoms with Crippen molar-refractivity contribution in [1.29, 1.82) is 0 Å². The first-order valence-corrected chi connectivity index (χ1v) is 6.70. The van der Waals surface area contributed by atoms with E-state index in [-0.39, 0.29) is 11.8 Å². The molecule has 0 saturated carbocycles. The second-order valence-corrected chi connectivity index (χ2v) is 4.20. The van der Waals surface area contributed by atoms with Gasteiger partial charge in [0.1, 0.15) is 0 Å². The van der Waals surface area contributed by atoms with Crippen molar-refractivity contribution in [1.82, 2.24) is 9.80 Å². The van der Waals surface area contributed by atoms with Crippen molar-refractivity contribution >= 4 is 11.8 Å². The highest BCUT2D eigenvalue weighted by Crippen LogP contribution is 2.11. The van der Waals surface area contributed by atoms with Gasteiger partial charge in [-0.1, -0.05) is 0 Å². The fourth-order valence-electron chi connectivity index (χ4n) is 1.82. The van der Waals surface area contributed by atoms with Crippen LogP contribution < -0.4 is 0 Å². The Labute approximate surface area is 111 Å². The van der Waals surface area contributed by atoms with Gasteiger partial charge in [0.25, 0.3) is 0 Å². The van der Waals surface area contributed by atoms with Gasteiger partial charge >= 0.3 is 0 Å². The van der Waals surface area contributed by atoms with E-state index >= 15 is 0 Å². The highest BCUT2D eigenvalue weighted by molar-refractivity contribution is 6.03. The number of carbonyl (C=O) groups excluding carboxylic acids is 2. The summed E-state index contributed by atoms with van der Waals surface area (Å²) in [7, 11) is 0. The van der Waals surface area contributed by atoms with Crippen LogP contribution in [-0.4, -0.2) is 47.8 Å². The summed E-state index contributed by atoms with van der Waals surface area (Å²) in [6.07, 6.45) is 0. The quantitative estimate of drug-likeness (QED) is 0.681. The highest BCUT2D eigenvalue weighted by Gasteiger charge is 2.19. The Morgan fingerprint density at radius 1 is 0.667 bits per heavy atom. The second-order valence-electron chi connectivity index (χ2n) is 4.20. The van der Waals surface area contributed by atoms with Gasteiger partial charge in [0, 0.05) is 37.3 Å². The molecule has 0 saturated heterocycles. The smallest absolute Gasteiger partial charge is 0.249 e. The van der Waals surface area contributed by atoms with E-state index in [4.69, 9.17) is 0 Å². The Balaban J connectivity index is 5.11. The lowest BCUT2D eigenvalue weighted by atomic mass is 10.1. The van der Waals surface area contributed by atoms with E-state index in [1.165, 1.54) is 0 Å². The normalized spacial score (nSPS) is 11.9. The van der Waals surface area contributed by atoms with E-state index in [1.54, 1.807) is 23.6 Å². The number of hydrogen-bond donors (Lipinski definition) is 0. The lowest BCUT2D eigenvalue weighted by molar-refractivity contribution is -0.129. The molecule has 0 aliphatic rings. The number of carbonyl (C=O) groups is 2. The third-order valence-corrected chi connectivity index (χ3v) is 3.31. The van der Waals surface area contributed by atoms with Gasteiger partial charge in [0.2, 0.25) is 11.8 Å². The van der Waals surface area contributed by atoms with Crippen LogP contribution in [0.3, 0.4) is 0 Å². The zero-order valence-corrected chi connectivity index (χ0v) is 12.5. The van der Waals surface area contributed by atoms with Crippen LogP contribution in [0.25, 0.3) is 0 Å². The van der Waals surface area contributed by atoms with E-state index < -0.39 is 0 Å². The predicted octanol–water partition coefficient (Wildman–Crippen LogP) is 2.06. The topological polar surface area (TPSA) is 40.6 Å². The average Bonchev–Trinajstić information content (AvgIpc) is 2.39. The van der Waals surface area contributed by atoms with Gasteiger partial charge in [-0.15, -0.1) is 0 Å². The second kappa shape index (κ2) is 7.90. The number of nitrogens with zero attached hydrogens (tertiary/aromatic N) is 2. The minimum absolute atomic E-state index is 0.0435. The minimum atomic E-state index is -0.0435. The molecule has 0 atom stereocenters. The zero-order valence-electron chi connectivity index (χ0n) is 12.5. The van der Waals surface area contributed by atoms with Gasteiger partial charge in [0.15, 0.2) is 0 Å². The summed E-state index contributed by atoms with van der Waals surface area (Å²) >= 11 is 0. The Bertz CT molecular complexity index is 295. The number of hydrogen-bond acceptors (Lipinski definition) is 2. The number of amides is 2. The van der Waals surface area contributed by atoms with E-state index in [9.17, 15) is 9.59 Å². The molecule has 0 spiro atoms. The van der Waals surface area contributed by atoms with Crippen molar-refractivity contribution in [2.24, 2.45) is 0 Å². The Morgan fingerprint density at radius 3 is 1.06 bits per heavy atom. The molecule has 0 heterocycles. The van der Waals surface area contributed by atoms with E-state index in [0.717, 1.165) is 0 Å². The maximum absolute atomic E-state index is 12.1. The summed E-state index contributed by atoms with van der Waals surface area (Å²) in [5.74, 6) is -0.0870. The van der Waals surface area contributed by atoms with Gasteiger partial charge in [0.05, 0.1) is 0 Å². The molecule has 0 radical (unpaired) electrons. The third kappa shape index (κ3) is 3.86. The van der Waals surface area contributed by atoms with Crippen molar-refractivity contribution in [3.8, 4) is 0 Å². The fraction of sp³-hybridized carbons (Fsp3) is 0.714. The molecule has 4 heteroatoms. The Kier molecular flexibility index (Phi) is 7.32. The lowest BCUT2D eigenvalue weighted by Crippen LogP contribution is -2.35. The fourth-order valence-corrected chi connectivity index (χ4v) is 1.82. The van der Waals surface area contributed by atoms with Crippen LogP contribution in [0.2, 0.25) is 0 Å². The SMILES string of the molecule is CCN(CC)C(=O)/C(C)=C(/C)C(=O)N(CC)CC. The molecular weight excluding hydrogens is 228 g/mol. The summed E-state index contributed by atoms with van der Waals surface area (Å²) in [5, 5.41) is 0. The van der Waals surface area contributed by atoms with Gasteiger partial charge in [-0.2, -0.15) is 0 Å². The van der Waals surface area contributed by atoms with Gasteiger partial charge in [-0.25, -0.2) is 0 Å². The standard InChI is InChI=1S/C14H26N2O2/c1-7-15(8-2)13(17)11(5)12(6)14(18)16(9-3)10-4/h7-10H2,1-6H3/b12-11-. The summed E-state index contributed by atoms with van der Waals surface area (Å²) in [4.78, 5) is 27.8. The van der Waals surface area contributed by atoms with E-state index in [0.29, 0.717) is 37.3 Å². The molecule has 0 aromatic heterocycles. The molecular formula is C14H26N2O2. The molecule has 0 rings (SSSR count). The van der Waals surface area contributed by atoms with E-state index in [2.05, 4.69) is 0 Å². The first-order chi connectivity index (χ1) is 8.44. The summed E-state index contributed by atoms with van der Waals surface area (Å²) < 4.78 is 0.